The van der Waals surface area contributed by atoms with Crippen LogP contribution >= 0.6 is 0 Å². The summed E-state index contributed by atoms with van der Waals surface area (Å²) in [4.78, 5) is 24.7. The molecule has 2 bridgehead atoms. The van der Waals surface area contributed by atoms with Crippen molar-refractivity contribution in [2.75, 3.05) is 13.2 Å². The van der Waals surface area contributed by atoms with E-state index in [1.165, 1.54) is 12.5 Å². The summed E-state index contributed by atoms with van der Waals surface area (Å²) in [6.45, 7) is 4.57. The fraction of sp³-hybridized carbons (Fsp3) is 0.727. The van der Waals surface area contributed by atoms with Gasteiger partial charge < -0.3 is 18.6 Å². The number of ether oxygens (including phenoxy) is 3. The Morgan fingerprint density at radius 2 is 2.14 bits per heavy atom. The molecule has 2 saturated carbocycles. The van der Waals surface area contributed by atoms with Crippen molar-refractivity contribution in [3.63, 3.8) is 0 Å². The van der Waals surface area contributed by atoms with Gasteiger partial charge in [0.05, 0.1) is 36.8 Å². The summed E-state index contributed by atoms with van der Waals surface area (Å²) in [5, 5.41) is 0. The van der Waals surface area contributed by atoms with Gasteiger partial charge in [-0.05, 0) is 50.2 Å². The van der Waals surface area contributed by atoms with E-state index in [0.29, 0.717) is 19.6 Å². The first-order valence-electron chi connectivity index (χ1n) is 10.4. The highest BCUT2D eigenvalue weighted by molar-refractivity contribution is 5.78. The Labute approximate surface area is 164 Å². The molecule has 0 amide bonds. The third-order valence-electron chi connectivity index (χ3n) is 7.96. The lowest BCUT2D eigenvalue weighted by Crippen LogP contribution is -2.68. The van der Waals surface area contributed by atoms with E-state index in [9.17, 15) is 9.59 Å². The molecule has 4 fully saturated rings. The molecular formula is C22H28O6. The number of carbonyl (C=O) groups excluding carboxylic acids is 2. The summed E-state index contributed by atoms with van der Waals surface area (Å²) in [7, 11) is 0. The average molecular weight is 388 g/mol. The van der Waals surface area contributed by atoms with Crippen molar-refractivity contribution in [1.82, 2.24) is 0 Å². The molecule has 3 heterocycles. The van der Waals surface area contributed by atoms with E-state index < -0.39 is 5.41 Å². The highest BCUT2D eigenvalue weighted by Gasteiger charge is 2.74. The minimum atomic E-state index is -0.596. The van der Waals surface area contributed by atoms with Gasteiger partial charge in [-0.25, -0.2) is 0 Å². The summed E-state index contributed by atoms with van der Waals surface area (Å²) in [5.41, 5.74) is 0.125. The molecule has 0 aromatic carbocycles. The van der Waals surface area contributed by atoms with E-state index in [-0.39, 0.29) is 40.9 Å². The SMILES string of the molecule is CC(=O)O[C@@H]1C[C@@]2(CO2)[C@@H](CCc2ccoc2)[C@]23CCC[C@](C)(C(=O)OC2)[C@H]13. The molecule has 1 aromatic rings. The van der Waals surface area contributed by atoms with Crippen molar-refractivity contribution in [1.29, 1.82) is 0 Å². The van der Waals surface area contributed by atoms with Crippen LogP contribution in [0.3, 0.4) is 0 Å². The van der Waals surface area contributed by atoms with Crippen molar-refractivity contribution in [2.24, 2.45) is 22.7 Å². The average Bonchev–Trinajstić information content (AvgIpc) is 3.19. The van der Waals surface area contributed by atoms with Crippen LogP contribution in [0.25, 0.3) is 0 Å². The first-order valence-corrected chi connectivity index (χ1v) is 10.4. The maximum Gasteiger partial charge on any atom is 0.312 e. The van der Waals surface area contributed by atoms with Gasteiger partial charge in [0.15, 0.2) is 0 Å². The number of aryl methyl sites for hydroxylation is 1. The molecule has 4 aliphatic rings. The predicted molar refractivity (Wildman–Crippen MR) is 98.2 cm³/mol. The molecule has 6 atom stereocenters. The van der Waals surface area contributed by atoms with E-state index >= 15 is 0 Å². The standard InChI is InChI=1S/C22H28O6/c1-14(23)28-16-10-22(13-27-22)17(5-4-15-6-9-25-11-15)21-8-3-7-20(2,18(16)21)19(24)26-12-21/h6,9,11,16-18H,3-5,7-8,10,12-13H2,1-2H3/t16-,17+,18+,20+,21+,22-/m1/s1. The van der Waals surface area contributed by atoms with Crippen LogP contribution in [0.2, 0.25) is 0 Å². The Balaban J connectivity index is 1.55. The molecule has 0 radical (unpaired) electrons. The van der Waals surface area contributed by atoms with Gasteiger partial charge in [-0.1, -0.05) is 6.42 Å². The molecule has 2 saturated heterocycles. The maximum absolute atomic E-state index is 12.8. The van der Waals surface area contributed by atoms with E-state index in [2.05, 4.69) is 0 Å². The minimum absolute atomic E-state index is 0.0110. The van der Waals surface area contributed by atoms with Gasteiger partial charge >= 0.3 is 11.9 Å². The smallest absolute Gasteiger partial charge is 0.312 e. The van der Waals surface area contributed by atoms with Crippen LogP contribution in [0, 0.1) is 22.7 Å². The van der Waals surface area contributed by atoms with Gasteiger partial charge in [0, 0.05) is 24.7 Å². The monoisotopic (exact) mass is 388 g/mol. The van der Waals surface area contributed by atoms with Crippen LogP contribution < -0.4 is 0 Å². The Morgan fingerprint density at radius 1 is 1.32 bits per heavy atom. The summed E-state index contributed by atoms with van der Waals surface area (Å²) < 4.78 is 22.9. The second-order valence-corrected chi connectivity index (χ2v) is 9.49. The molecule has 6 heteroatoms. The van der Waals surface area contributed by atoms with Crippen LogP contribution in [-0.2, 0) is 30.2 Å². The molecule has 2 aliphatic carbocycles. The van der Waals surface area contributed by atoms with Crippen LogP contribution in [0.1, 0.15) is 51.5 Å². The minimum Gasteiger partial charge on any atom is -0.472 e. The van der Waals surface area contributed by atoms with Crippen LogP contribution in [0.5, 0.6) is 0 Å². The van der Waals surface area contributed by atoms with E-state index in [1.54, 1.807) is 12.5 Å². The molecule has 152 valence electrons. The van der Waals surface area contributed by atoms with E-state index in [0.717, 1.165) is 32.1 Å². The number of rotatable bonds is 4. The Hall–Kier alpha value is -1.82. The molecule has 5 rings (SSSR count). The molecule has 6 nitrogen and oxygen atoms in total. The van der Waals surface area contributed by atoms with Crippen molar-refractivity contribution in [3.05, 3.63) is 24.2 Å². The first-order chi connectivity index (χ1) is 13.4. The first kappa shape index (κ1) is 18.2. The third kappa shape index (κ3) is 2.49. The Bertz CT molecular complexity index is 781. The molecule has 0 unspecified atom stereocenters. The lowest BCUT2D eigenvalue weighted by molar-refractivity contribution is -0.247. The zero-order valence-electron chi connectivity index (χ0n) is 16.6. The lowest BCUT2D eigenvalue weighted by Gasteiger charge is -2.63. The van der Waals surface area contributed by atoms with Crippen molar-refractivity contribution < 1.29 is 28.2 Å². The fourth-order valence-electron chi connectivity index (χ4n) is 6.91. The number of carbonyl (C=O) groups is 2. The summed E-state index contributed by atoms with van der Waals surface area (Å²) in [5.74, 6) is -0.151. The summed E-state index contributed by atoms with van der Waals surface area (Å²) >= 11 is 0. The number of hydrogen-bond donors (Lipinski definition) is 0. The Morgan fingerprint density at radius 3 is 2.82 bits per heavy atom. The fourth-order valence-corrected chi connectivity index (χ4v) is 6.91. The maximum atomic E-state index is 12.8. The van der Waals surface area contributed by atoms with Gasteiger partial charge in [0.2, 0.25) is 0 Å². The number of cyclic esters (lactones) is 1. The van der Waals surface area contributed by atoms with Gasteiger partial charge in [0.1, 0.15) is 6.10 Å². The van der Waals surface area contributed by atoms with Crippen LogP contribution in [0.4, 0.5) is 0 Å². The topological polar surface area (TPSA) is 78.3 Å². The summed E-state index contributed by atoms with van der Waals surface area (Å²) in [6, 6.07) is 2.01. The quantitative estimate of drug-likeness (QED) is 0.582. The lowest BCUT2D eigenvalue weighted by atomic mass is 9.43. The normalized spacial score (nSPS) is 43.9. The van der Waals surface area contributed by atoms with Gasteiger partial charge in [-0.15, -0.1) is 0 Å². The summed E-state index contributed by atoms with van der Waals surface area (Å²) in [6.07, 6.45) is 8.52. The van der Waals surface area contributed by atoms with Gasteiger partial charge in [0.25, 0.3) is 0 Å². The second kappa shape index (κ2) is 6.09. The zero-order valence-corrected chi connectivity index (χ0v) is 16.6. The second-order valence-electron chi connectivity index (χ2n) is 9.49. The predicted octanol–water partition coefficient (Wildman–Crippen LogP) is 3.28. The molecule has 1 spiro atoms. The largest absolute Gasteiger partial charge is 0.472 e. The number of esters is 2. The molecule has 0 N–H and O–H groups in total. The van der Waals surface area contributed by atoms with E-state index in [4.69, 9.17) is 18.6 Å². The van der Waals surface area contributed by atoms with Gasteiger partial charge in [-0.3, -0.25) is 9.59 Å². The molecule has 28 heavy (non-hydrogen) atoms. The zero-order chi connectivity index (χ0) is 19.6. The number of epoxide rings is 1. The van der Waals surface area contributed by atoms with Crippen LogP contribution in [0.15, 0.2) is 23.0 Å². The van der Waals surface area contributed by atoms with Crippen LogP contribution in [-0.4, -0.2) is 36.9 Å². The van der Waals surface area contributed by atoms with Crippen molar-refractivity contribution >= 4 is 11.9 Å². The van der Waals surface area contributed by atoms with Crippen molar-refractivity contribution in [2.45, 2.75) is 64.1 Å². The molecule has 1 aromatic heterocycles. The third-order valence-corrected chi connectivity index (χ3v) is 7.96. The highest BCUT2D eigenvalue weighted by atomic mass is 16.6. The Kier molecular flexibility index (Phi) is 3.96. The molecule has 2 aliphatic heterocycles. The van der Waals surface area contributed by atoms with E-state index in [1.807, 2.05) is 13.0 Å². The van der Waals surface area contributed by atoms with Gasteiger partial charge in [-0.2, -0.15) is 0 Å². The highest BCUT2D eigenvalue weighted by Crippen LogP contribution is 2.68. The number of furan rings is 1. The number of hydrogen-bond acceptors (Lipinski definition) is 6. The molecular weight excluding hydrogens is 360 g/mol. The van der Waals surface area contributed by atoms with Crippen molar-refractivity contribution in [3.8, 4) is 0 Å².